The molecule has 2 saturated carbocycles. The monoisotopic (exact) mass is 292 g/mol. The van der Waals surface area contributed by atoms with Gasteiger partial charge in [0.2, 0.25) is 0 Å². The van der Waals surface area contributed by atoms with Crippen molar-refractivity contribution in [2.45, 2.75) is 39.2 Å². The van der Waals surface area contributed by atoms with Crippen LogP contribution in [0, 0.1) is 11.8 Å². The second-order valence-electron chi connectivity index (χ2n) is 6.31. The SMILES string of the molecule is CCNCc1c(Cl)cccc1N(CC1CC1)CC1CC1. The third kappa shape index (κ3) is 3.67. The maximum atomic E-state index is 6.45. The molecule has 0 aliphatic heterocycles. The molecule has 1 aromatic rings. The zero-order valence-corrected chi connectivity index (χ0v) is 13.1. The molecule has 2 aliphatic rings. The smallest absolute Gasteiger partial charge is 0.0471 e. The lowest BCUT2D eigenvalue weighted by atomic mass is 10.1. The summed E-state index contributed by atoms with van der Waals surface area (Å²) in [5.41, 5.74) is 2.63. The van der Waals surface area contributed by atoms with E-state index in [9.17, 15) is 0 Å². The molecule has 0 bridgehead atoms. The molecule has 0 heterocycles. The molecule has 1 N–H and O–H groups in total. The average Bonchev–Trinajstić information content (AvgIpc) is 3.32. The number of halogens is 1. The molecule has 0 unspecified atom stereocenters. The van der Waals surface area contributed by atoms with E-state index in [-0.39, 0.29) is 0 Å². The van der Waals surface area contributed by atoms with E-state index in [1.54, 1.807) is 0 Å². The van der Waals surface area contributed by atoms with Crippen LogP contribution in [0.15, 0.2) is 18.2 Å². The molecule has 2 aliphatic carbocycles. The van der Waals surface area contributed by atoms with Crippen LogP contribution in [-0.4, -0.2) is 19.6 Å². The van der Waals surface area contributed by atoms with Crippen LogP contribution in [0.2, 0.25) is 5.02 Å². The minimum atomic E-state index is 0.872. The van der Waals surface area contributed by atoms with Crippen molar-refractivity contribution in [3.8, 4) is 0 Å². The van der Waals surface area contributed by atoms with Crippen molar-refractivity contribution in [3.05, 3.63) is 28.8 Å². The lowest BCUT2D eigenvalue weighted by Gasteiger charge is -2.28. The number of nitrogens with zero attached hydrogens (tertiary/aromatic N) is 1. The summed E-state index contributed by atoms with van der Waals surface area (Å²) in [7, 11) is 0. The molecule has 3 heteroatoms. The van der Waals surface area contributed by atoms with E-state index in [0.717, 1.165) is 29.9 Å². The van der Waals surface area contributed by atoms with Gasteiger partial charge >= 0.3 is 0 Å². The Morgan fingerprint density at radius 1 is 1.15 bits per heavy atom. The number of hydrogen-bond acceptors (Lipinski definition) is 2. The van der Waals surface area contributed by atoms with Crippen LogP contribution < -0.4 is 10.2 Å². The molecule has 110 valence electrons. The number of nitrogens with one attached hydrogen (secondary N) is 1. The maximum Gasteiger partial charge on any atom is 0.0471 e. The van der Waals surface area contributed by atoms with Crippen molar-refractivity contribution in [2.24, 2.45) is 11.8 Å². The van der Waals surface area contributed by atoms with Crippen molar-refractivity contribution >= 4 is 17.3 Å². The highest BCUT2D eigenvalue weighted by Gasteiger charge is 2.30. The van der Waals surface area contributed by atoms with E-state index in [1.165, 1.54) is 50.0 Å². The molecular formula is C17H25ClN2. The Labute approximate surface area is 127 Å². The summed E-state index contributed by atoms with van der Waals surface area (Å²) in [6, 6.07) is 6.37. The molecule has 0 spiro atoms. The predicted molar refractivity (Wildman–Crippen MR) is 86.5 cm³/mol. The van der Waals surface area contributed by atoms with Gasteiger partial charge in [0.15, 0.2) is 0 Å². The lowest BCUT2D eigenvalue weighted by molar-refractivity contribution is 0.668. The predicted octanol–water partition coefficient (Wildman–Crippen LogP) is 4.08. The summed E-state index contributed by atoms with van der Waals surface area (Å²) in [5, 5.41) is 4.33. The fourth-order valence-corrected chi connectivity index (χ4v) is 3.00. The van der Waals surface area contributed by atoms with Crippen LogP contribution in [0.25, 0.3) is 0 Å². The minimum Gasteiger partial charge on any atom is -0.371 e. The normalized spacial score (nSPS) is 18.3. The quantitative estimate of drug-likeness (QED) is 0.777. The first kappa shape index (κ1) is 14.2. The molecule has 1 aromatic carbocycles. The molecule has 0 saturated heterocycles. The van der Waals surface area contributed by atoms with Gasteiger partial charge < -0.3 is 10.2 Å². The fourth-order valence-electron chi connectivity index (χ4n) is 2.76. The van der Waals surface area contributed by atoms with Crippen molar-refractivity contribution < 1.29 is 0 Å². The Bertz CT molecular complexity index is 438. The number of benzene rings is 1. The maximum absolute atomic E-state index is 6.45. The summed E-state index contributed by atoms with van der Waals surface area (Å²) in [4.78, 5) is 2.61. The zero-order valence-electron chi connectivity index (χ0n) is 12.4. The van der Waals surface area contributed by atoms with E-state index in [4.69, 9.17) is 11.6 Å². The van der Waals surface area contributed by atoms with Gasteiger partial charge in [-0.1, -0.05) is 24.6 Å². The Hall–Kier alpha value is -0.730. The summed E-state index contributed by atoms with van der Waals surface area (Å²) in [5.74, 6) is 1.83. The van der Waals surface area contributed by atoms with Gasteiger partial charge in [-0.05, 0) is 56.2 Å². The minimum absolute atomic E-state index is 0.872. The second-order valence-corrected chi connectivity index (χ2v) is 6.72. The number of rotatable bonds is 8. The van der Waals surface area contributed by atoms with Crippen molar-refractivity contribution in [3.63, 3.8) is 0 Å². The van der Waals surface area contributed by atoms with Crippen molar-refractivity contribution in [1.29, 1.82) is 0 Å². The first-order chi connectivity index (χ1) is 9.78. The van der Waals surface area contributed by atoms with Crippen molar-refractivity contribution in [1.82, 2.24) is 5.32 Å². The number of hydrogen-bond donors (Lipinski definition) is 1. The van der Waals surface area contributed by atoms with Crippen LogP contribution in [0.1, 0.15) is 38.2 Å². The molecule has 2 nitrogen and oxygen atoms in total. The van der Waals surface area contributed by atoms with Gasteiger partial charge in [-0.25, -0.2) is 0 Å². The zero-order chi connectivity index (χ0) is 13.9. The van der Waals surface area contributed by atoms with Gasteiger partial charge in [0.25, 0.3) is 0 Å². The van der Waals surface area contributed by atoms with E-state index in [2.05, 4.69) is 29.3 Å². The highest BCUT2D eigenvalue weighted by Crippen LogP contribution is 2.37. The fraction of sp³-hybridized carbons (Fsp3) is 0.647. The highest BCUT2D eigenvalue weighted by atomic mass is 35.5. The molecule has 0 amide bonds. The summed E-state index contributed by atoms with van der Waals surface area (Å²) in [6.45, 7) is 6.43. The summed E-state index contributed by atoms with van der Waals surface area (Å²) < 4.78 is 0. The molecule has 20 heavy (non-hydrogen) atoms. The standard InChI is InChI=1S/C17H25ClN2/c1-2-19-10-15-16(18)4-3-5-17(15)20(11-13-6-7-13)12-14-8-9-14/h3-5,13-14,19H,2,6-12H2,1H3. The molecular weight excluding hydrogens is 268 g/mol. The van der Waals surface area contributed by atoms with Crippen LogP contribution in [-0.2, 0) is 6.54 Å². The largest absolute Gasteiger partial charge is 0.371 e. The third-order valence-electron chi connectivity index (χ3n) is 4.34. The Balaban J connectivity index is 1.81. The van der Waals surface area contributed by atoms with E-state index in [0.29, 0.717) is 0 Å². The first-order valence-corrected chi connectivity index (χ1v) is 8.38. The van der Waals surface area contributed by atoms with Crippen molar-refractivity contribution in [2.75, 3.05) is 24.5 Å². The average molecular weight is 293 g/mol. The molecule has 0 atom stereocenters. The van der Waals surface area contributed by atoms with Gasteiger partial charge in [0.1, 0.15) is 0 Å². The van der Waals surface area contributed by atoms with Gasteiger partial charge in [-0.3, -0.25) is 0 Å². The molecule has 0 aromatic heterocycles. The van der Waals surface area contributed by atoms with Gasteiger partial charge in [-0.15, -0.1) is 0 Å². The second kappa shape index (κ2) is 6.36. The Kier molecular flexibility index (Phi) is 4.52. The van der Waals surface area contributed by atoms with Gasteiger partial charge in [0.05, 0.1) is 0 Å². The van der Waals surface area contributed by atoms with Crippen LogP contribution in [0.3, 0.4) is 0 Å². The van der Waals surface area contributed by atoms with E-state index < -0.39 is 0 Å². The molecule has 0 radical (unpaired) electrons. The lowest BCUT2D eigenvalue weighted by Crippen LogP contribution is -2.30. The third-order valence-corrected chi connectivity index (χ3v) is 4.69. The van der Waals surface area contributed by atoms with Crippen LogP contribution in [0.5, 0.6) is 0 Å². The number of anilines is 1. The van der Waals surface area contributed by atoms with Gasteiger partial charge in [-0.2, -0.15) is 0 Å². The van der Waals surface area contributed by atoms with E-state index in [1.807, 2.05) is 6.07 Å². The highest BCUT2D eigenvalue weighted by molar-refractivity contribution is 6.31. The molecule has 2 fully saturated rings. The summed E-state index contributed by atoms with van der Waals surface area (Å²) in [6.07, 6.45) is 5.63. The summed E-state index contributed by atoms with van der Waals surface area (Å²) >= 11 is 6.45. The molecule has 3 rings (SSSR count). The van der Waals surface area contributed by atoms with Gasteiger partial charge in [0, 0.05) is 35.9 Å². The van der Waals surface area contributed by atoms with E-state index >= 15 is 0 Å². The van der Waals surface area contributed by atoms with Crippen LogP contribution >= 0.6 is 11.6 Å². The topological polar surface area (TPSA) is 15.3 Å². The first-order valence-electron chi connectivity index (χ1n) is 8.01. The Morgan fingerprint density at radius 3 is 2.35 bits per heavy atom. The van der Waals surface area contributed by atoms with Crippen LogP contribution in [0.4, 0.5) is 5.69 Å². The Morgan fingerprint density at radius 2 is 1.80 bits per heavy atom.